The molecule has 3 nitrogen and oxygen atoms in total. The third kappa shape index (κ3) is 4.22. The first-order chi connectivity index (χ1) is 11.8. The number of amides is 2. The van der Waals surface area contributed by atoms with Crippen molar-refractivity contribution in [3.05, 3.63) is 64.7 Å². The van der Waals surface area contributed by atoms with E-state index in [2.05, 4.69) is 5.32 Å². The van der Waals surface area contributed by atoms with Crippen molar-refractivity contribution in [1.82, 2.24) is 4.90 Å². The Morgan fingerprint density at radius 1 is 1.20 bits per heavy atom. The van der Waals surface area contributed by atoms with E-state index < -0.39 is 17.1 Å². The number of hydrogen-bond donors (Lipinski definition) is 1. The lowest BCUT2D eigenvalue weighted by atomic mass is 10.1. The van der Waals surface area contributed by atoms with Crippen LogP contribution in [0, 0.1) is 0 Å². The van der Waals surface area contributed by atoms with Crippen molar-refractivity contribution in [2.45, 2.75) is 11.6 Å². The van der Waals surface area contributed by atoms with Crippen LogP contribution in [-0.2, 0) is 6.18 Å². The number of carbonyl (C=O) groups is 1. The number of anilines is 1. The van der Waals surface area contributed by atoms with Gasteiger partial charge in [-0.1, -0.05) is 23.7 Å². The molecule has 2 aromatic carbocycles. The van der Waals surface area contributed by atoms with Gasteiger partial charge in [-0.3, -0.25) is 0 Å². The van der Waals surface area contributed by atoms with Crippen LogP contribution in [0.2, 0.25) is 5.02 Å². The standard InChI is InChI=1S/C17H14ClF3N2OS/c18-13-4-6-14(7-5-13)22-16(24)23-8-9-25-15(23)11-2-1-3-12(10-11)17(19,20)21/h1-7,10,15H,8-9H2,(H,22,24)/t15-/m0/s1. The molecule has 3 rings (SSSR count). The van der Waals surface area contributed by atoms with Gasteiger partial charge in [0.05, 0.1) is 5.56 Å². The summed E-state index contributed by atoms with van der Waals surface area (Å²) in [5.74, 6) is 0.662. The minimum Gasteiger partial charge on any atom is -0.308 e. The van der Waals surface area contributed by atoms with Crippen molar-refractivity contribution in [2.24, 2.45) is 0 Å². The molecule has 0 radical (unpaired) electrons. The highest BCUT2D eigenvalue weighted by Gasteiger charge is 2.34. The Bertz CT molecular complexity index is 767. The van der Waals surface area contributed by atoms with Gasteiger partial charge in [-0.2, -0.15) is 13.2 Å². The predicted octanol–water partition coefficient (Wildman–Crippen LogP) is 5.64. The summed E-state index contributed by atoms with van der Waals surface area (Å²) in [4.78, 5) is 14.0. The molecule has 2 amide bonds. The summed E-state index contributed by atoms with van der Waals surface area (Å²) in [6, 6.07) is 11.4. The zero-order chi connectivity index (χ0) is 18.0. The zero-order valence-corrected chi connectivity index (χ0v) is 14.5. The van der Waals surface area contributed by atoms with Crippen molar-refractivity contribution in [2.75, 3.05) is 17.6 Å². The molecule has 1 heterocycles. The number of benzene rings is 2. The second kappa shape index (κ2) is 7.17. The van der Waals surface area contributed by atoms with Gasteiger partial charge in [-0.05, 0) is 42.0 Å². The van der Waals surface area contributed by atoms with Crippen molar-refractivity contribution in [3.8, 4) is 0 Å². The van der Waals surface area contributed by atoms with Crippen LogP contribution >= 0.6 is 23.4 Å². The molecule has 0 bridgehead atoms. The van der Waals surface area contributed by atoms with Crippen molar-refractivity contribution >= 4 is 35.1 Å². The summed E-state index contributed by atoms with van der Waals surface area (Å²) in [7, 11) is 0. The van der Waals surface area contributed by atoms with Gasteiger partial charge in [0.2, 0.25) is 0 Å². The third-order valence-corrected chi connectivity index (χ3v) is 5.26. The van der Waals surface area contributed by atoms with E-state index in [0.717, 1.165) is 12.1 Å². The quantitative estimate of drug-likeness (QED) is 0.724. The number of nitrogens with zero attached hydrogens (tertiary/aromatic N) is 1. The molecule has 1 aliphatic heterocycles. The van der Waals surface area contributed by atoms with Gasteiger partial charge in [-0.15, -0.1) is 11.8 Å². The van der Waals surface area contributed by atoms with Crippen LogP contribution in [0.3, 0.4) is 0 Å². The van der Waals surface area contributed by atoms with E-state index in [0.29, 0.717) is 28.6 Å². The molecule has 1 aliphatic rings. The number of rotatable bonds is 2. The maximum Gasteiger partial charge on any atom is 0.416 e. The first-order valence-electron chi connectivity index (χ1n) is 7.46. The summed E-state index contributed by atoms with van der Waals surface area (Å²) in [5, 5.41) is 2.85. The Labute approximate surface area is 152 Å². The molecule has 132 valence electrons. The number of urea groups is 1. The van der Waals surface area contributed by atoms with E-state index in [1.54, 1.807) is 30.3 Å². The van der Waals surface area contributed by atoms with Crippen LogP contribution in [0.5, 0.6) is 0 Å². The van der Waals surface area contributed by atoms with Crippen molar-refractivity contribution in [3.63, 3.8) is 0 Å². The van der Waals surface area contributed by atoms with Crippen LogP contribution in [0.1, 0.15) is 16.5 Å². The molecular formula is C17H14ClF3N2OS. The van der Waals surface area contributed by atoms with E-state index >= 15 is 0 Å². The maximum atomic E-state index is 12.9. The summed E-state index contributed by atoms with van der Waals surface area (Å²) >= 11 is 7.25. The Kier molecular flexibility index (Phi) is 5.15. The number of halogens is 4. The molecule has 25 heavy (non-hydrogen) atoms. The summed E-state index contributed by atoms with van der Waals surface area (Å²) in [6.45, 7) is 0.463. The smallest absolute Gasteiger partial charge is 0.308 e. The Hall–Kier alpha value is -1.86. The van der Waals surface area contributed by atoms with Crippen LogP contribution < -0.4 is 5.32 Å². The lowest BCUT2D eigenvalue weighted by molar-refractivity contribution is -0.137. The van der Waals surface area contributed by atoms with Crippen LogP contribution in [0.4, 0.5) is 23.7 Å². The second-order valence-corrected chi connectivity index (χ2v) is 7.10. The molecule has 0 saturated carbocycles. The van der Waals surface area contributed by atoms with Gasteiger partial charge in [0.15, 0.2) is 0 Å². The first kappa shape index (κ1) is 17.9. The lowest BCUT2D eigenvalue weighted by Crippen LogP contribution is -2.34. The lowest BCUT2D eigenvalue weighted by Gasteiger charge is -2.25. The maximum absolute atomic E-state index is 12.9. The molecule has 1 fully saturated rings. The van der Waals surface area contributed by atoms with Crippen LogP contribution in [0.25, 0.3) is 0 Å². The van der Waals surface area contributed by atoms with Gasteiger partial charge < -0.3 is 10.2 Å². The predicted molar refractivity (Wildman–Crippen MR) is 93.8 cm³/mol. The second-order valence-electron chi connectivity index (χ2n) is 5.48. The minimum atomic E-state index is -4.41. The Balaban J connectivity index is 1.78. The topological polar surface area (TPSA) is 32.3 Å². The largest absolute Gasteiger partial charge is 0.416 e. The number of alkyl halides is 3. The average molecular weight is 387 g/mol. The summed E-state index contributed by atoms with van der Waals surface area (Å²) in [6.07, 6.45) is -4.41. The van der Waals surface area contributed by atoms with E-state index in [9.17, 15) is 18.0 Å². The fourth-order valence-corrected chi connectivity index (χ4v) is 3.92. The molecule has 8 heteroatoms. The van der Waals surface area contributed by atoms with Crippen molar-refractivity contribution in [1.29, 1.82) is 0 Å². The van der Waals surface area contributed by atoms with Gasteiger partial charge in [0.25, 0.3) is 0 Å². The molecule has 0 spiro atoms. The highest BCUT2D eigenvalue weighted by Crippen LogP contribution is 2.40. The van der Waals surface area contributed by atoms with E-state index in [-0.39, 0.29) is 6.03 Å². The minimum absolute atomic E-state index is 0.352. The van der Waals surface area contributed by atoms with E-state index in [1.165, 1.54) is 22.7 Å². The fourth-order valence-electron chi connectivity index (χ4n) is 2.55. The number of nitrogens with one attached hydrogen (secondary N) is 1. The number of hydrogen-bond acceptors (Lipinski definition) is 2. The molecular weight excluding hydrogens is 373 g/mol. The summed E-state index contributed by atoms with van der Waals surface area (Å²) in [5.41, 5.74) is 0.327. The molecule has 0 unspecified atom stereocenters. The number of carbonyl (C=O) groups excluding carboxylic acids is 1. The van der Waals surface area contributed by atoms with Crippen LogP contribution in [0.15, 0.2) is 48.5 Å². The molecule has 2 aromatic rings. The molecule has 1 atom stereocenters. The normalized spacial score (nSPS) is 17.6. The van der Waals surface area contributed by atoms with Crippen LogP contribution in [-0.4, -0.2) is 23.2 Å². The highest BCUT2D eigenvalue weighted by molar-refractivity contribution is 7.99. The van der Waals surface area contributed by atoms with E-state index in [4.69, 9.17) is 11.6 Å². The fraction of sp³-hybridized carbons (Fsp3) is 0.235. The monoisotopic (exact) mass is 386 g/mol. The SMILES string of the molecule is O=C(Nc1ccc(Cl)cc1)N1CCS[C@H]1c1cccc(C(F)(F)F)c1. The van der Waals surface area contributed by atoms with Gasteiger partial charge in [-0.25, -0.2) is 4.79 Å². The summed E-state index contributed by atoms with van der Waals surface area (Å²) < 4.78 is 38.8. The van der Waals surface area contributed by atoms with Crippen molar-refractivity contribution < 1.29 is 18.0 Å². The van der Waals surface area contributed by atoms with Gasteiger partial charge in [0.1, 0.15) is 5.37 Å². The van der Waals surface area contributed by atoms with Gasteiger partial charge >= 0.3 is 12.2 Å². The first-order valence-corrected chi connectivity index (χ1v) is 8.89. The Morgan fingerprint density at radius 2 is 1.92 bits per heavy atom. The highest BCUT2D eigenvalue weighted by atomic mass is 35.5. The zero-order valence-electron chi connectivity index (χ0n) is 12.9. The van der Waals surface area contributed by atoms with Gasteiger partial charge in [0, 0.05) is 23.0 Å². The molecule has 0 aliphatic carbocycles. The molecule has 0 aromatic heterocycles. The number of thioether (sulfide) groups is 1. The Morgan fingerprint density at radius 3 is 2.60 bits per heavy atom. The third-order valence-electron chi connectivity index (χ3n) is 3.75. The molecule has 1 saturated heterocycles. The molecule has 1 N–H and O–H groups in total. The average Bonchev–Trinajstić information content (AvgIpc) is 3.06. The van der Waals surface area contributed by atoms with E-state index in [1.807, 2.05) is 0 Å².